The Bertz CT molecular complexity index is 1210. The van der Waals surface area contributed by atoms with Gasteiger partial charge in [-0.25, -0.2) is 0 Å². The van der Waals surface area contributed by atoms with Crippen LogP contribution in [0.25, 0.3) is 0 Å². The van der Waals surface area contributed by atoms with Crippen molar-refractivity contribution < 1.29 is 19.5 Å². The molecule has 3 aromatic carbocycles. The first-order valence-electron chi connectivity index (χ1n) is 13.4. The fourth-order valence-corrected chi connectivity index (χ4v) is 5.12. The van der Waals surface area contributed by atoms with E-state index in [-0.39, 0.29) is 5.41 Å². The second-order valence-corrected chi connectivity index (χ2v) is 10.0. The number of nitrogens with zero attached hydrogens (tertiary/aromatic N) is 1. The highest BCUT2D eigenvalue weighted by atomic mass is 16.5. The van der Waals surface area contributed by atoms with E-state index in [2.05, 4.69) is 91.7 Å². The monoisotopic (exact) mass is 501 g/mol. The average Bonchev–Trinajstić information content (AvgIpc) is 3.27. The van der Waals surface area contributed by atoms with Gasteiger partial charge in [-0.3, -0.25) is 0 Å². The van der Waals surface area contributed by atoms with E-state index in [1.54, 1.807) is 14.2 Å². The zero-order chi connectivity index (χ0) is 26.3. The molecular weight excluding hydrogens is 460 g/mol. The Labute approximate surface area is 222 Å². The quantitative estimate of drug-likeness (QED) is 0.294. The normalized spacial score (nSPS) is 15.3. The van der Waals surface area contributed by atoms with Crippen molar-refractivity contribution in [2.24, 2.45) is 0 Å². The van der Waals surface area contributed by atoms with Gasteiger partial charge < -0.3 is 24.4 Å². The van der Waals surface area contributed by atoms with Crippen molar-refractivity contribution in [1.82, 2.24) is 0 Å². The summed E-state index contributed by atoms with van der Waals surface area (Å²) < 4.78 is 17.5. The van der Waals surface area contributed by atoms with Gasteiger partial charge in [-0.2, -0.15) is 0 Å². The lowest BCUT2D eigenvalue weighted by Crippen LogP contribution is -2.78. The Morgan fingerprint density at radius 3 is 2.35 bits per heavy atom. The van der Waals surface area contributed by atoms with Crippen molar-refractivity contribution in [1.29, 1.82) is 0 Å². The number of methoxy groups -OCH3 is 2. The summed E-state index contributed by atoms with van der Waals surface area (Å²) >= 11 is 0. The van der Waals surface area contributed by atoms with E-state index in [1.165, 1.54) is 16.8 Å². The molecular formula is C32H41N2O3+. The minimum Gasteiger partial charge on any atom is -0.497 e. The van der Waals surface area contributed by atoms with Crippen LogP contribution >= 0.6 is 0 Å². The highest BCUT2D eigenvalue weighted by molar-refractivity contribution is 5.68. The third-order valence-electron chi connectivity index (χ3n) is 7.11. The molecule has 0 aliphatic carbocycles. The van der Waals surface area contributed by atoms with Crippen LogP contribution in [0, 0.1) is 0 Å². The first-order chi connectivity index (χ1) is 18.0. The van der Waals surface area contributed by atoms with Crippen molar-refractivity contribution >= 4 is 11.4 Å². The number of allylic oxidation sites excluding steroid dienone is 1. The number of nitrogens with two attached hydrogens (primary N) is 1. The van der Waals surface area contributed by atoms with Gasteiger partial charge >= 0.3 is 0 Å². The van der Waals surface area contributed by atoms with Crippen molar-refractivity contribution in [3.8, 4) is 17.2 Å². The lowest BCUT2D eigenvalue weighted by Gasteiger charge is -2.31. The first-order valence-corrected chi connectivity index (χ1v) is 13.4. The maximum absolute atomic E-state index is 6.41. The minimum atomic E-state index is -0.170. The molecule has 0 amide bonds. The number of fused-ring (bicyclic) bond motifs is 1. The van der Waals surface area contributed by atoms with Gasteiger partial charge in [-0.1, -0.05) is 51.1 Å². The Kier molecular flexibility index (Phi) is 8.78. The van der Waals surface area contributed by atoms with Crippen LogP contribution in [0.3, 0.4) is 0 Å². The summed E-state index contributed by atoms with van der Waals surface area (Å²) in [7, 11) is 3.43. The zero-order valence-electron chi connectivity index (χ0n) is 22.9. The number of rotatable bonds is 12. The Morgan fingerprint density at radius 1 is 0.919 bits per heavy atom. The predicted octanol–water partition coefficient (Wildman–Crippen LogP) is 6.35. The smallest absolute Gasteiger partial charge is 0.196 e. The van der Waals surface area contributed by atoms with Crippen LogP contribution in [0.1, 0.15) is 51.2 Å². The van der Waals surface area contributed by atoms with Gasteiger partial charge in [0.15, 0.2) is 11.6 Å². The van der Waals surface area contributed by atoms with Crippen molar-refractivity contribution in [3.05, 3.63) is 89.8 Å². The molecule has 0 aromatic heterocycles. The van der Waals surface area contributed by atoms with E-state index in [0.29, 0.717) is 0 Å². The maximum atomic E-state index is 6.41. The van der Waals surface area contributed by atoms with Gasteiger partial charge in [0.2, 0.25) is 0 Å². The second-order valence-electron chi connectivity index (χ2n) is 10.0. The molecule has 37 heavy (non-hydrogen) atoms. The first kappa shape index (κ1) is 26.6. The van der Waals surface area contributed by atoms with E-state index >= 15 is 0 Å². The summed E-state index contributed by atoms with van der Waals surface area (Å²) in [6.07, 6.45) is 6.15. The SMILES string of the molecule is CCC[NH2+]c1ccc(OC)cc1C(C)(C/C=C1\Oc2cc(OC)ccc2N1CCC)Cc1ccccc1. The number of ether oxygens (including phenoxy) is 3. The van der Waals surface area contributed by atoms with Crippen LogP contribution < -0.4 is 24.4 Å². The predicted molar refractivity (Wildman–Crippen MR) is 151 cm³/mol. The molecule has 4 rings (SSSR count). The molecule has 5 nitrogen and oxygen atoms in total. The lowest BCUT2D eigenvalue weighted by molar-refractivity contribution is -0.572. The van der Waals surface area contributed by atoms with Gasteiger partial charge in [0.25, 0.3) is 0 Å². The van der Waals surface area contributed by atoms with Crippen LogP contribution in [0.4, 0.5) is 11.4 Å². The second kappa shape index (κ2) is 12.2. The third kappa shape index (κ3) is 6.11. The standard InChI is InChI=1S/C32H40N2O3/c1-6-19-33-28-15-13-25(35-4)21-27(28)32(3,23-24-11-9-8-10-12-24)18-17-31-34(20-7-2)29-16-14-26(36-5)22-30(29)37-31/h8-17,21-22,33H,6-7,18-20,23H2,1-5H3/p+1/b31-17-. The van der Waals surface area contributed by atoms with Crippen molar-refractivity contribution in [2.75, 3.05) is 32.2 Å². The Balaban J connectivity index is 1.74. The van der Waals surface area contributed by atoms with Crippen LogP contribution in [0.5, 0.6) is 17.2 Å². The van der Waals surface area contributed by atoms with E-state index in [4.69, 9.17) is 14.2 Å². The molecule has 1 heterocycles. The van der Waals surface area contributed by atoms with Crippen molar-refractivity contribution in [2.45, 2.75) is 51.9 Å². The summed E-state index contributed by atoms with van der Waals surface area (Å²) in [4.78, 5) is 2.29. The van der Waals surface area contributed by atoms with Gasteiger partial charge in [0, 0.05) is 29.7 Å². The summed E-state index contributed by atoms with van der Waals surface area (Å²) in [5, 5.41) is 2.36. The number of quaternary nitrogens is 1. The number of benzene rings is 3. The molecule has 0 bridgehead atoms. The number of hydrogen-bond donors (Lipinski definition) is 1. The highest BCUT2D eigenvalue weighted by Crippen LogP contribution is 2.43. The molecule has 5 heteroatoms. The molecule has 0 saturated heterocycles. The molecule has 0 spiro atoms. The molecule has 1 aliphatic heterocycles. The molecule has 0 fully saturated rings. The molecule has 196 valence electrons. The van der Waals surface area contributed by atoms with Gasteiger partial charge in [-0.15, -0.1) is 0 Å². The Hall–Kier alpha value is -3.44. The largest absolute Gasteiger partial charge is 0.497 e. The summed E-state index contributed by atoms with van der Waals surface area (Å²) in [5.74, 6) is 3.44. The highest BCUT2D eigenvalue weighted by Gasteiger charge is 2.33. The Morgan fingerprint density at radius 2 is 1.65 bits per heavy atom. The molecule has 1 atom stereocenters. The lowest BCUT2D eigenvalue weighted by atomic mass is 9.74. The fourth-order valence-electron chi connectivity index (χ4n) is 5.12. The van der Waals surface area contributed by atoms with Crippen LogP contribution in [-0.4, -0.2) is 27.3 Å². The molecule has 3 aromatic rings. The number of hydrogen-bond acceptors (Lipinski definition) is 4. The molecule has 0 radical (unpaired) electrons. The zero-order valence-corrected chi connectivity index (χ0v) is 22.9. The molecule has 0 saturated carbocycles. The summed E-state index contributed by atoms with van der Waals surface area (Å²) in [6, 6.07) is 23.3. The molecule has 1 unspecified atom stereocenters. The van der Waals surface area contributed by atoms with E-state index in [9.17, 15) is 0 Å². The van der Waals surface area contributed by atoms with Crippen LogP contribution in [0.15, 0.2) is 78.7 Å². The minimum absolute atomic E-state index is 0.170. The van der Waals surface area contributed by atoms with Gasteiger partial charge in [0.1, 0.15) is 17.2 Å². The van der Waals surface area contributed by atoms with E-state index in [0.717, 1.165) is 67.6 Å². The fraction of sp³-hybridized carbons (Fsp3) is 0.375. The summed E-state index contributed by atoms with van der Waals surface area (Å²) in [6.45, 7) is 8.73. The summed E-state index contributed by atoms with van der Waals surface area (Å²) in [5.41, 5.74) is 4.83. The van der Waals surface area contributed by atoms with E-state index < -0.39 is 0 Å². The van der Waals surface area contributed by atoms with Gasteiger partial charge in [0.05, 0.1) is 26.5 Å². The topological polar surface area (TPSA) is 47.5 Å². The number of anilines is 1. The maximum Gasteiger partial charge on any atom is 0.196 e. The average molecular weight is 502 g/mol. The van der Waals surface area contributed by atoms with Crippen LogP contribution in [-0.2, 0) is 11.8 Å². The van der Waals surface area contributed by atoms with E-state index in [1.807, 2.05) is 12.1 Å². The third-order valence-corrected chi connectivity index (χ3v) is 7.11. The van der Waals surface area contributed by atoms with Crippen molar-refractivity contribution in [3.63, 3.8) is 0 Å². The molecule has 2 N–H and O–H groups in total. The van der Waals surface area contributed by atoms with Gasteiger partial charge in [-0.05, 0) is 61.6 Å². The molecule has 1 aliphatic rings. The van der Waals surface area contributed by atoms with Crippen LogP contribution in [0.2, 0.25) is 0 Å².